The van der Waals surface area contributed by atoms with Gasteiger partial charge in [-0.1, -0.05) is 15.9 Å². The molecule has 1 amide bonds. The van der Waals surface area contributed by atoms with Crippen LogP contribution < -0.4 is 5.32 Å². The number of halogens is 2. The number of hydrogen-bond donors (Lipinski definition) is 1. The summed E-state index contributed by atoms with van der Waals surface area (Å²) in [5.41, 5.74) is 0.839. The molecule has 1 aromatic rings. The molecule has 0 aromatic heterocycles. The van der Waals surface area contributed by atoms with Gasteiger partial charge in [-0.25, -0.2) is 4.39 Å². The van der Waals surface area contributed by atoms with Gasteiger partial charge in [-0.15, -0.1) is 0 Å². The van der Waals surface area contributed by atoms with E-state index in [4.69, 9.17) is 4.74 Å². The van der Waals surface area contributed by atoms with E-state index in [0.717, 1.165) is 24.8 Å². The van der Waals surface area contributed by atoms with Crippen LogP contribution in [-0.4, -0.2) is 19.1 Å². The molecule has 0 unspecified atom stereocenters. The van der Waals surface area contributed by atoms with E-state index in [1.807, 2.05) is 6.07 Å². The molecule has 3 rings (SSSR count). The molecule has 0 radical (unpaired) electrons. The molecule has 1 aromatic carbocycles. The van der Waals surface area contributed by atoms with E-state index < -0.39 is 0 Å². The summed E-state index contributed by atoms with van der Waals surface area (Å²) in [4.78, 5) is 12.2. The Bertz CT molecular complexity index is 492. The number of rotatable bonds is 4. The maximum atomic E-state index is 13.5. The van der Waals surface area contributed by atoms with E-state index in [-0.39, 0.29) is 23.7 Å². The monoisotopic (exact) mass is 341 g/mol. The van der Waals surface area contributed by atoms with Gasteiger partial charge >= 0.3 is 0 Å². The Kier molecular flexibility index (Phi) is 4.08. The Morgan fingerprint density at radius 2 is 2.15 bits per heavy atom. The zero-order valence-corrected chi connectivity index (χ0v) is 12.7. The van der Waals surface area contributed by atoms with E-state index >= 15 is 0 Å². The van der Waals surface area contributed by atoms with Crippen LogP contribution in [0.4, 0.5) is 4.39 Å². The van der Waals surface area contributed by atoms with Gasteiger partial charge in [-0.3, -0.25) is 4.79 Å². The summed E-state index contributed by atoms with van der Waals surface area (Å²) >= 11 is 3.31. The fourth-order valence-corrected chi connectivity index (χ4v) is 3.15. The molecule has 2 aliphatic rings. The van der Waals surface area contributed by atoms with Gasteiger partial charge in [0.15, 0.2) is 0 Å². The average molecular weight is 342 g/mol. The molecule has 1 heterocycles. The Hall–Kier alpha value is -0.940. The number of ether oxygens (including phenoxy) is 1. The first kappa shape index (κ1) is 14.0. The Morgan fingerprint density at radius 3 is 2.75 bits per heavy atom. The molecule has 1 aliphatic heterocycles. The summed E-state index contributed by atoms with van der Waals surface area (Å²) < 4.78 is 19.5. The molecule has 3 nitrogen and oxygen atoms in total. The average Bonchev–Trinajstić information content (AvgIpc) is 3.07. The van der Waals surface area contributed by atoms with Gasteiger partial charge in [0, 0.05) is 11.1 Å². The van der Waals surface area contributed by atoms with Gasteiger partial charge in [0.2, 0.25) is 5.91 Å². The van der Waals surface area contributed by atoms with Gasteiger partial charge < -0.3 is 10.1 Å². The molecule has 1 saturated carbocycles. The minimum Gasteiger partial charge on any atom is -0.381 e. The summed E-state index contributed by atoms with van der Waals surface area (Å²) in [5.74, 6) is 0.112. The van der Waals surface area contributed by atoms with Crippen molar-refractivity contribution in [3.63, 3.8) is 0 Å². The number of benzene rings is 1. The standard InChI is InChI=1S/C15H17BrFNO2/c16-12-5-11(6-13(17)7-12)14(9-1-2-9)18-15(19)10-3-4-20-8-10/h5-7,9-10,14H,1-4,8H2,(H,18,19)/t10-,14-/m0/s1. The van der Waals surface area contributed by atoms with Crippen LogP contribution in [0.1, 0.15) is 30.9 Å². The van der Waals surface area contributed by atoms with Gasteiger partial charge in [0.05, 0.1) is 18.6 Å². The highest BCUT2D eigenvalue weighted by Crippen LogP contribution is 2.42. The zero-order chi connectivity index (χ0) is 14.1. The molecular formula is C15H17BrFNO2. The molecule has 1 saturated heterocycles. The van der Waals surface area contributed by atoms with Crippen molar-refractivity contribution in [2.24, 2.45) is 11.8 Å². The normalized spacial score (nSPS) is 23.6. The maximum Gasteiger partial charge on any atom is 0.226 e. The number of hydrogen-bond acceptors (Lipinski definition) is 2. The Labute approximate surface area is 126 Å². The molecule has 1 N–H and O–H groups in total. The van der Waals surface area contributed by atoms with Gasteiger partial charge in [-0.05, 0) is 48.9 Å². The summed E-state index contributed by atoms with van der Waals surface area (Å²) in [6.45, 7) is 1.15. The van der Waals surface area contributed by atoms with Crippen LogP contribution in [0.2, 0.25) is 0 Å². The first-order valence-corrected chi connectivity index (χ1v) is 7.77. The summed E-state index contributed by atoms with van der Waals surface area (Å²) in [5, 5.41) is 3.09. The predicted molar refractivity (Wildman–Crippen MR) is 76.6 cm³/mol. The molecule has 2 atom stereocenters. The number of amides is 1. The lowest BCUT2D eigenvalue weighted by atomic mass is 10.0. The van der Waals surface area contributed by atoms with E-state index in [1.165, 1.54) is 12.1 Å². The highest BCUT2D eigenvalue weighted by atomic mass is 79.9. The zero-order valence-electron chi connectivity index (χ0n) is 11.1. The summed E-state index contributed by atoms with van der Waals surface area (Å²) in [6.07, 6.45) is 2.94. The molecule has 2 fully saturated rings. The second-order valence-electron chi connectivity index (χ2n) is 5.59. The third-order valence-corrected chi connectivity index (χ3v) is 4.39. The Balaban J connectivity index is 1.76. The topological polar surface area (TPSA) is 38.3 Å². The van der Waals surface area contributed by atoms with Crippen LogP contribution in [0, 0.1) is 17.7 Å². The first-order valence-electron chi connectivity index (χ1n) is 6.97. The third kappa shape index (κ3) is 3.20. The van der Waals surface area contributed by atoms with Crippen LogP contribution in [0.25, 0.3) is 0 Å². The second-order valence-corrected chi connectivity index (χ2v) is 6.50. The van der Waals surface area contributed by atoms with Crippen LogP contribution in [-0.2, 0) is 9.53 Å². The van der Waals surface area contributed by atoms with Crippen LogP contribution in [0.5, 0.6) is 0 Å². The fraction of sp³-hybridized carbons (Fsp3) is 0.533. The molecular weight excluding hydrogens is 325 g/mol. The number of carbonyl (C=O) groups excluding carboxylic acids is 1. The van der Waals surface area contributed by atoms with Gasteiger partial charge in [-0.2, -0.15) is 0 Å². The van der Waals surface area contributed by atoms with Crippen LogP contribution >= 0.6 is 15.9 Å². The quantitative estimate of drug-likeness (QED) is 0.913. The molecule has 5 heteroatoms. The van der Waals surface area contributed by atoms with Crippen molar-refractivity contribution in [2.45, 2.75) is 25.3 Å². The van der Waals surface area contributed by atoms with Gasteiger partial charge in [0.25, 0.3) is 0 Å². The third-order valence-electron chi connectivity index (χ3n) is 3.94. The van der Waals surface area contributed by atoms with Crippen molar-refractivity contribution in [1.29, 1.82) is 0 Å². The largest absolute Gasteiger partial charge is 0.381 e. The smallest absolute Gasteiger partial charge is 0.226 e. The van der Waals surface area contributed by atoms with Crippen molar-refractivity contribution in [2.75, 3.05) is 13.2 Å². The van der Waals surface area contributed by atoms with E-state index in [0.29, 0.717) is 23.6 Å². The lowest BCUT2D eigenvalue weighted by molar-refractivity contribution is -0.125. The second kappa shape index (κ2) is 5.82. The van der Waals surface area contributed by atoms with Crippen molar-refractivity contribution in [3.8, 4) is 0 Å². The van der Waals surface area contributed by atoms with E-state index in [9.17, 15) is 9.18 Å². The van der Waals surface area contributed by atoms with Crippen LogP contribution in [0.15, 0.2) is 22.7 Å². The van der Waals surface area contributed by atoms with Crippen molar-refractivity contribution in [1.82, 2.24) is 5.32 Å². The lowest BCUT2D eigenvalue weighted by Crippen LogP contribution is -2.35. The Morgan fingerprint density at radius 1 is 1.35 bits per heavy atom. The fourth-order valence-electron chi connectivity index (χ4n) is 2.67. The minimum atomic E-state index is -0.279. The van der Waals surface area contributed by atoms with Gasteiger partial charge in [0.1, 0.15) is 5.82 Å². The van der Waals surface area contributed by atoms with Crippen molar-refractivity contribution >= 4 is 21.8 Å². The maximum absolute atomic E-state index is 13.5. The molecule has 0 bridgehead atoms. The van der Waals surface area contributed by atoms with E-state index in [1.54, 1.807) is 0 Å². The van der Waals surface area contributed by atoms with Crippen molar-refractivity contribution in [3.05, 3.63) is 34.1 Å². The van der Waals surface area contributed by atoms with Crippen LogP contribution in [0.3, 0.4) is 0 Å². The minimum absolute atomic E-state index is 0.0276. The summed E-state index contributed by atoms with van der Waals surface area (Å²) in [6, 6.07) is 4.74. The number of carbonyl (C=O) groups is 1. The lowest BCUT2D eigenvalue weighted by Gasteiger charge is -2.21. The first-order chi connectivity index (χ1) is 9.63. The molecule has 108 valence electrons. The highest BCUT2D eigenvalue weighted by Gasteiger charge is 2.35. The predicted octanol–water partition coefficient (Wildman–Crippen LogP) is 3.19. The summed E-state index contributed by atoms with van der Waals surface area (Å²) in [7, 11) is 0. The highest BCUT2D eigenvalue weighted by molar-refractivity contribution is 9.10. The van der Waals surface area contributed by atoms with Crippen molar-refractivity contribution < 1.29 is 13.9 Å². The molecule has 1 aliphatic carbocycles. The number of nitrogens with one attached hydrogen (secondary N) is 1. The molecule has 0 spiro atoms. The van der Waals surface area contributed by atoms with E-state index in [2.05, 4.69) is 21.2 Å². The molecule has 20 heavy (non-hydrogen) atoms. The SMILES string of the molecule is O=C(N[C@H](c1cc(F)cc(Br)c1)C1CC1)[C@H]1CCOC1.